The number of hydrogen-bond acceptors (Lipinski definition) is 5. The molecule has 2 atom stereocenters. The summed E-state index contributed by atoms with van der Waals surface area (Å²) in [5.41, 5.74) is 1.17. The number of carbonyl (C=O) groups excluding carboxylic acids is 1. The Morgan fingerprint density at radius 3 is 2.67 bits per heavy atom. The summed E-state index contributed by atoms with van der Waals surface area (Å²) in [5, 5.41) is 3.07. The van der Waals surface area contributed by atoms with Crippen LogP contribution in [0.2, 0.25) is 0 Å². The minimum atomic E-state index is -0.286. The summed E-state index contributed by atoms with van der Waals surface area (Å²) < 4.78 is 16.2. The maximum Gasteiger partial charge on any atom is 0.249 e. The summed E-state index contributed by atoms with van der Waals surface area (Å²) in [7, 11) is 1.66. The molecule has 0 radical (unpaired) electrons. The predicted octanol–water partition coefficient (Wildman–Crippen LogP) is 1.36. The van der Waals surface area contributed by atoms with Crippen LogP contribution >= 0.6 is 0 Å². The molecule has 0 spiro atoms. The lowest BCUT2D eigenvalue weighted by molar-refractivity contribution is -0.130. The Morgan fingerprint density at radius 2 is 2.04 bits per heavy atom. The lowest BCUT2D eigenvalue weighted by Crippen LogP contribution is -2.45. The smallest absolute Gasteiger partial charge is 0.249 e. The van der Waals surface area contributed by atoms with Crippen molar-refractivity contribution in [2.75, 3.05) is 46.6 Å². The van der Waals surface area contributed by atoms with E-state index >= 15 is 0 Å². The van der Waals surface area contributed by atoms with Gasteiger partial charge in [-0.1, -0.05) is 12.1 Å². The van der Waals surface area contributed by atoms with Crippen LogP contribution in [0.1, 0.15) is 24.4 Å². The van der Waals surface area contributed by atoms with E-state index in [4.69, 9.17) is 14.2 Å². The topological polar surface area (TPSA) is 60.0 Å². The van der Waals surface area contributed by atoms with Crippen LogP contribution in [0.4, 0.5) is 0 Å². The van der Waals surface area contributed by atoms with E-state index in [1.54, 1.807) is 7.11 Å². The molecule has 0 aliphatic carbocycles. The van der Waals surface area contributed by atoms with Gasteiger partial charge in [-0.05, 0) is 30.5 Å². The average molecular weight is 334 g/mol. The molecule has 2 saturated heterocycles. The molecule has 0 bridgehead atoms. The number of ether oxygens (including phenoxy) is 3. The SMILES string of the molecule is COc1ccc(C(CNC(=O)C2CCCO2)N2CCOCC2)cc1. The minimum absolute atomic E-state index is 0.000675. The zero-order valence-corrected chi connectivity index (χ0v) is 14.2. The van der Waals surface area contributed by atoms with Crippen molar-refractivity contribution in [2.45, 2.75) is 25.0 Å². The van der Waals surface area contributed by atoms with E-state index < -0.39 is 0 Å². The monoisotopic (exact) mass is 334 g/mol. The van der Waals surface area contributed by atoms with Gasteiger partial charge in [-0.15, -0.1) is 0 Å². The van der Waals surface area contributed by atoms with Crippen molar-refractivity contribution < 1.29 is 19.0 Å². The van der Waals surface area contributed by atoms with Crippen LogP contribution in [0.5, 0.6) is 5.75 Å². The van der Waals surface area contributed by atoms with Crippen LogP contribution in [-0.4, -0.2) is 63.5 Å². The molecular formula is C18H26N2O4. The highest BCUT2D eigenvalue weighted by molar-refractivity contribution is 5.81. The number of methoxy groups -OCH3 is 1. The van der Waals surface area contributed by atoms with Crippen molar-refractivity contribution >= 4 is 5.91 Å². The van der Waals surface area contributed by atoms with E-state index in [1.165, 1.54) is 5.56 Å². The van der Waals surface area contributed by atoms with E-state index in [2.05, 4.69) is 22.3 Å². The van der Waals surface area contributed by atoms with Crippen LogP contribution in [-0.2, 0) is 14.3 Å². The molecule has 0 aromatic heterocycles. The zero-order valence-electron chi connectivity index (χ0n) is 14.2. The highest BCUT2D eigenvalue weighted by Crippen LogP contribution is 2.24. The lowest BCUT2D eigenvalue weighted by atomic mass is 10.0. The van der Waals surface area contributed by atoms with Gasteiger partial charge in [0.1, 0.15) is 11.9 Å². The largest absolute Gasteiger partial charge is 0.497 e. The zero-order chi connectivity index (χ0) is 16.8. The summed E-state index contributed by atoms with van der Waals surface area (Å²) in [6.07, 6.45) is 1.49. The molecule has 2 heterocycles. The Bertz CT molecular complexity index is 522. The van der Waals surface area contributed by atoms with Crippen molar-refractivity contribution in [3.05, 3.63) is 29.8 Å². The van der Waals surface area contributed by atoms with Gasteiger partial charge < -0.3 is 19.5 Å². The maximum absolute atomic E-state index is 12.3. The van der Waals surface area contributed by atoms with E-state index in [1.807, 2.05) is 12.1 Å². The summed E-state index contributed by atoms with van der Waals surface area (Å²) in [6, 6.07) is 8.19. The third-order valence-corrected chi connectivity index (χ3v) is 4.68. The normalized spacial score (nSPS) is 23.0. The molecule has 0 saturated carbocycles. The van der Waals surface area contributed by atoms with Gasteiger partial charge in [-0.25, -0.2) is 0 Å². The highest BCUT2D eigenvalue weighted by Gasteiger charge is 2.27. The number of benzene rings is 1. The number of nitrogens with zero attached hydrogens (tertiary/aromatic N) is 1. The van der Waals surface area contributed by atoms with E-state index in [-0.39, 0.29) is 18.1 Å². The fourth-order valence-electron chi connectivity index (χ4n) is 3.27. The van der Waals surface area contributed by atoms with Crippen molar-refractivity contribution in [3.63, 3.8) is 0 Å². The third kappa shape index (κ3) is 4.26. The van der Waals surface area contributed by atoms with Crippen molar-refractivity contribution in [1.82, 2.24) is 10.2 Å². The highest BCUT2D eigenvalue weighted by atomic mass is 16.5. The van der Waals surface area contributed by atoms with Gasteiger partial charge in [0.15, 0.2) is 0 Å². The molecule has 1 N–H and O–H groups in total. The van der Waals surface area contributed by atoms with Gasteiger partial charge in [-0.3, -0.25) is 9.69 Å². The van der Waals surface area contributed by atoms with Gasteiger partial charge in [0.2, 0.25) is 5.91 Å². The van der Waals surface area contributed by atoms with E-state index in [0.717, 1.165) is 44.9 Å². The number of rotatable bonds is 6. The molecule has 2 aliphatic rings. The van der Waals surface area contributed by atoms with Crippen LogP contribution < -0.4 is 10.1 Å². The Morgan fingerprint density at radius 1 is 1.29 bits per heavy atom. The summed E-state index contributed by atoms with van der Waals surface area (Å²) in [5.74, 6) is 0.835. The van der Waals surface area contributed by atoms with Crippen LogP contribution in [0, 0.1) is 0 Å². The molecule has 6 heteroatoms. The van der Waals surface area contributed by atoms with Gasteiger partial charge in [-0.2, -0.15) is 0 Å². The predicted molar refractivity (Wildman–Crippen MR) is 90.1 cm³/mol. The molecule has 2 unspecified atom stereocenters. The molecular weight excluding hydrogens is 308 g/mol. The molecule has 2 aliphatic heterocycles. The Balaban J connectivity index is 1.67. The number of hydrogen-bond donors (Lipinski definition) is 1. The first-order valence-corrected chi connectivity index (χ1v) is 8.63. The van der Waals surface area contributed by atoms with Gasteiger partial charge in [0.25, 0.3) is 0 Å². The van der Waals surface area contributed by atoms with E-state index in [9.17, 15) is 4.79 Å². The minimum Gasteiger partial charge on any atom is -0.497 e. The second-order valence-electron chi connectivity index (χ2n) is 6.18. The molecule has 1 aromatic rings. The Labute approximate surface area is 143 Å². The first-order chi connectivity index (χ1) is 11.8. The third-order valence-electron chi connectivity index (χ3n) is 4.68. The first-order valence-electron chi connectivity index (χ1n) is 8.63. The quantitative estimate of drug-likeness (QED) is 0.851. The fourth-order valence-corrected chi connectivity index (χ4v) is 3.27. The number of nitrogens with one attached hydrogen (secondary N) is 1. The molecule has 3 rings (SSSR count). The summed E-state index contributed by atoms with van der Waals surface area (Å²) in [4.78, 5) is 14.6. The Hall–Kier alpha value is -1.63. The van der Waals surface area contributed by atoms with Gasteiger partial charge in [0, 0.05) is 26.2 Å². The number of carbonyl (C=O) groups is 1. The van der Waals surface area contributed by atoms with Gasteiger partial charge in [0.05, 0.1) is 26.4 Å². The molecule has 24 heavy (non-hydrogen) atoms. The molecule has 1 aromatic carbocycles. The van der Waals surface area contributed by atoms with Gasteiger partial charge >= 0.3 is 0 Å². The number of morpholine rings is 1. The van der Waals surface area contributed by atoms with Crippen LogP contribution in [0.15, 0.2) is 24.3 Å². The molecule has 132 valence electrons. The van der Waals surface area contributed by atoms with E-state index in [0.29, 0.717) is 13.2 Å². The maximum atomic E-state index is 12.3. The van der Waals surface area contributed by atoms with Crippen molar-refractivity contribution in [3.8, 4) is 5.75 Å². The Kier molecular flexibility index (Phi) is 6.07. The lowest BCUT2D eigenvalue weighted by Gasteiger charge is -2.35. The molecule has 6 nitrogen and oxygen atoms in total. The fraction of sp³-hybridized carbons (Fsp3) is 0.611. The standard InChI is InChI=1S/C18H26N2O4/c1-22-15-6-4-14(5-7-15)16(20-8-11-23-12-9-20)13-19-18(21)17-3-2-10-24-17/h4-7,16-17H,2-3,8-13H2,1H3,(H,19,21). The average Bonchev–Trinajstić information content (AvgIpc) is 3.18. The second kappa shape index (κ2) is 8.46. The van der Waals surface area contributed by atoms with Crippen LogP contribution in [0.3, 0.4) is 0 Å². The number of amides is 1. The summed E-state index contributed by atoms with van der Waals surface area (Å²) in [6.45, 7) is 4.45. The van der Waals surface area contributed by atoms with Crippen LogP contribution in [0.25, 0.3) is 0 Å². The first kappa shape index (κ1) is 17.2. The summed E-state index contributed by atoms with van der Waals surface area (Å²) >= 11 is 0. The van der Waals surface area contributed by atoms with Crippen molar-refractivity contribution in [2.24, 2.45) is 0 Å². The van der Waals surface area contributed by atoms with Crippen molar-refractivity contribution in [1.29, 1.82) is 0 Å². The molecule has 2 fully saturated rings. The second-order valence-corrected chi connectivity index (χ2v) is 6.18. The molecule has 1 amide bonds.